The Hall–Kier alpha value is -1.29. The number of allylic oxidation sites excluding steroid dienone is 1. The van der Waals surface area contributed by atoms with Crippen LogP contribution in [0.1, 0.15) is 49.8 Å². The van der Waals surface area contributed by atoms with Crippen LogP contribution >= 0.6 is 11.8 Å². The third-order valence-electron chi connectivity index (χ3n) is 3.96. The molecule has 1 aromatic carbocycles. The van der Waals surface area contributed by atoms with Gasteiger partial charge in [0, 0.05) is 17.4 Å². The molecular weight excluding hydrogens is 297 g/mol. The van der Waals surface area contributed by atoms with Crippen LogP contribution in [-0.4, -0.2) is 18.2 Å². The number of rotatable bonds is 7. The average Bonchev–Trinajstić information content (AvgIpc) is 2.54. The molecule has 22 heavy (non-hydrogen) atoms. The van der Waals surface area contributed by atoms with E-state index < -0.39 is 0 Å². The van der Waals surface area contributed by atoms with Crippen molar-refractivity contribution >= 4 is 17.7 Å². The summed E-state index contributed by atoms with van der Waals surface area (Å²) < 4.78 is 13.7. The lowest BCUT2D eigenvalue weighted by Crippen LogP contribution is -2.26. The third kappa shape index (κ3) is 5.48. The van der Waals surface area contributed by atoms with Crippen LogP contribution < -0.4 is 5.32 Å². The Morgan fingerprint density at radius 3 is 2.91 bits per heavy atom. The van der Waals surface area contributed by atoms with E-state index in [0.29, 0.717) is 17.9 Å². The second kappa shape index (κ2) is 8.99. The lowest BCUT2D eigenvalue weighted by molar-refractivity contribution is -0.118. The highest BCUT2D eigenvalue weighted by atomic mass is 32.2. The highest BCUT2D eigenvalue weighted by molar-refractivity contribution is 8.00. The van der Waals surface area contributed by atoms with Crippen LogP contribution in [0, 0.1) is 5.82 Å². The third-order valence-corrected chi connectivity index (χ3v) is 5.14. The normalized spacial score (nSPS) is 16.0. The molecule has 0 radical (unpaired) electrons. The minimum Gasteiger partial charge on any atom is -0.355 e. The van der Waals surface area contributed by atoms with Gasteiger partial charge >= 0.3 is 0 Å². The largest absolute Gasteiger partial charge is 0.355 e. The van der Waals surface area contributed by atoms with Crippen molar-refractivity contribution in [3.05, 3.63) is 47.3 Å². The zero-order valence-corrected chi connectivity index (χ0v) is 13.9. The van der Waals surface area contributed by atoms with Crippen molar-refractivity contribution in [2.45, 2.75) is 44.3 Å². The van der Waals surface area contributed by atoms with Gasteiger partial charge in [0.2, 0.25) is 5.91 Å². The summed E-state index contributed by atoms with van der Waals surface area (Å²) in [5, 5.41) is 2.94. The molecule has 0 bridgehead atoms. The van der Waals surface area contributed by atoms with Crippen molar-refractivity contribution in [3.8, 4) is 0 Å². The molecule has 0 aliphatic heterocycles. The van der Waals surface area contributed by atoms with Crippen molar-refractivity contribution in [3.63, 3.8) is 0 Å². The van der Waals surface area contributed by atoms with Crippen LogP contribution in [0.3, 0.4) is 0 Å². The van der Waals surface area contributed by atoms with Crippen LogP contribution in [0.4, 0.5) is 4.39 Å². The number of benzene rings is 1. The summed E-state index contributed by atoms with van der Waals surface area (Å²) in [4.78, 5) is 11.9. The highest BCUT2D eigenvalue weighted by Crippen LogP contribution is 2.29. The van der Waals surface area contributed by atoms with Gasteiger partial charge in [-0.15, -0.1) is 11.8 Å². The number of carbonyl (C=O) groups is 1. The lowest BCUT2D eigenvalue weighted by atomic mass is 9.97. The maximum atomic E-state index is 13.7. The van der Waals surface area contributed by atoms with Gasteiger partial charge in [0.05, 0.1) is 5.75 Å². The van der Waals surface area contributed by atoms with E-state index in [9.17, 15) is 9.18 Å². The predicted molar refractivity (Wildman–Crippen MR) is 91.5 cm³/mol. The molecule has 4 heteroatoms. The number of hydrogen-bond acceptors (Lipinski definition) is 2. The van der Waals surface area contributed by atoms with Gasteiger partial charge in [-0.05, 0) is 45.1 Å². The Balaban J connectivity index is 1.67. The molecule has 0 aromatic heterocycles. The summed E-state index contributed by atoms with van der Waals surface area (Å²) in [5.41, 5.74) is 2.13. The number of amides is 1. The molecule has 1 atom stereocenters. The Morgan fingerprint density at radius 1 is 1.36 bits per heavy atom. The van der Waals surface area contributed by atoms with E-state index in [2.05, 4.69) is 11.4 Å². The fourth-order valence-electron chi connectivity index (χ4n) is 2.64. The first-order valence-corrected chi connectivity index (χ1v) is 9.02. The number of carbonyl (C=O) groups excluding carboxylic acids is 1. The summed E-state index contributed by atoms with van der Waals surface area (Å²) in [5.74, 6) is 0.200. The fraction of sp³-hybridized carbons (Fsp3) is 0.500. The molecule has 0 saturated carbocycles. The molecule has 0 heterocycles. The van der Waals surface area contributed by atoms with Crippen molar-refractivity contribution in [1.29, 1.82) is 0 Å². The molecule has 1 unspecified atom stereocenters. The van der Waals surface area contributed by atoms with E-state index in [1.165, 1.54) is 49.1 Å². The number of nitrogens with one attached hydrogen (secondary N) is 1. The van der Waals surface area contributed by atoms with Gasteiger partial charge in [0.15, 0.2) is 0 Å². The molecule has 1 N–H and O–H groups in total. The van der Waals surface area contributed by atoms with Crippen molar-refractivity contribution in [2.75, 3.05) is 12.3 Å². The molecule has 1 aromatic rings. The molecule has 0 saturated heterocycles. The molecule has 1 aliphatic carbocycles. The molecule has 2 rings (SSSR count). The van der Waals surface area contributed by atoms with Crippen LogP contribution in [0.15, 0.2) is 35.9 Å². The van der Waals surface area contributed by atoms with E-state index in [1.807, 2.05) is 13.0 Å². The van der Waals surface area contributed by atoms with Crippen LogP contribution in [0.25, 0.3) is 0 Å². The van der Waals surface area contributed by atoms with E-state index in [1.54, 1.807) is 12.1 Å². The minimum absolute atomic E-state index is 0.0204. The lowest BCUT2D eigenvalue weighted by Gasteiger charge is -2.14. The fourth-order valence-corrected chi connectivity index (χ4v) is 3.51. The summed E-state index contributed by atoms with van der Waals surface area (Å²) in [6, 6.07) is 6.75. The quantitative estimate of drug-likeness (QED) is 0.742. The van der Waals surface area contributed by atoms with E-state index in [0.717, 1.165) is 6.42 Å². The summed E-state index contributed by atoms with van der Waals surface area (Å²) in [6.45, 7) is 2.64. The average molecular weight is 321 g/mol. The topological polar surface area (TPSA) is 29.1 Å². The highest BCUT2D eigenvalue weighted by Gasteiger charge is 2.12. The second-order valence-electron chi connectivity index (χ2n) is 5.68. The van der Waals surface area contributed by atoms with Crippen molar-refractivity contribution in [1.82, 2.24) is 5.32 Å². The number of halogens is 1. The van der Waals surface area contributed by atoms with E-state index in [-0.39, 0.29) is 17.0 Å². The van der Waals surface area contributed by atoms with Gasteiger partial charge in [-0.2, -0.15) is 0 Å². The Morgan fingerprint density at radius 2 is 2.18 bits per heavy atom. The molecule has 2 nitrogen and oxygen atoms in total. The van der Waals surface area contributed by atoms with Gasteiger partial charge in [-0.25, -0.2) is 4.39 Å². The zero-order valence-electron chi connectivity index (χ0n) is 13.1. The van der Waals surface area contributed by atoms with Gasteiger partial charge in [-0.1, -0.05) is 29.8 Å². The van der Waals surface area contributed by atoms with Crippen LogP contribution in [0.2, 0.25) is 0 Å². The molecule has 0 spiro atoms. The van der Waals surface area contributed by atoms with Crippen molar-refractivity contribution in [2.24, 2.45) is 0 Å². The molecule has 1 aliphatic rings. The first-order chi connectivity index (χ1) is 10.7. The monoisotopic (exact) mass is 321 g/mol. The van der Waals surface area contributed by atoms with Gasteiger partial charge in [0.25, 0.3) is 0 Å². The zero-order chi connectivity index (χ0) is 15.8. The summed E-state index contributed by atoms with van der Waals surface area (Å²) >= 11 is 1.47. The van der Waals surface area contributed by atoms with E-state index in [4.69, 9.17) is 0 Å². The molecular formula is C18H24FNOS. The Labute approximate surface area is 136 Å². The maximum Gasteiger partial charge on any atom is 0.230 e. The van der Waals surface area contributed by atoms with Gasteiger partial charge in [-0.3, -0.25) is 4.79 Å². The first kappa shape index (κ1) is 17.1. The molecule has 1 amide bonds. The van der Waals surface area contributed by atoms with E-state index >= 15 is 0 Å². The maximum absolute atomic E-state index is 13.7. The Kier molecular flexibility index (Phi) is 6.97. The first-order valence-electron chi connectivity index (χ1n) is 7.97. The SMILES string of the molecule is CC(SCC(=O)NCCC1=CCCCC1)c1ccccc1F. The molecule has 0 fully saturated rings. The van der Waals surface area contributed by atoms with Crippen molar-refractivity contribution < 1.29 is 9.18 Å². The van der Waals surface area contributed by atoms with Gasteiger partial charge < -0.3 is 5.32 Å². The number of hydrogen-bond donors (Lipinski definition) is 1. The van der Waals surface area contributed by atoms with Crippen LogP contribution in [0.5, 0.6) is 0 Å². The van der Waals surface area contributed by atoms with Crippen LogP contribution in [-0.2, 0) is 4.79 Å². The smallest absolute Gasteiger partial charge is 0.230 e. The summed E-state index contributed by atoms with van der Waals surface area (Å²) in [7, 11) is 0. The Bertz CT molecular complexity index is 530. The second-order valence-corrected chi connectivity index (χ2v) is 7.01. The predicted octanol–water partition coefficient (Wildman–Crippen LogP) is 4.63. The minimum atomic E-state index is -0.202. The van der Waals surface area contributed by atoms with Gasteiger partial charge in [0.1, 0.15) is 5.82 Å². The summed E-state index contributed by atoms with van der Waals surface area (Å²) in [6.07, 6.45) is 8.19. The number of thioether (sulfide) groups is 1. The molecule has 120 valence electrons. The standard InChI is InChI=1S/C18H24FNOS/c1-14(16-9-5-6-10-17(16)19)22-13-18(21)20-12-11-15-7-3-2-4-8-15/h5-7,9-10,14H,2-4,8,11-13H2,1H3,(H,20,21).